The van der Waals surface area contributed by atoms with Crippen molar-refractivity contribution in [2.24, 2.45) is 0 Å². The Morgan fingerprint density at radius 1 is 1.12 bits per heavy atom. The largest absolute Gasteiger partial charge is 0.350 e. The molecule has 8 heteroatoms. The van der Waals surface area contributed by atoms with Gasteiger partial charge in [-0.05, 0) is 80.3 Å². The van der Waals surface area contributed by atoms with E-state index in [9.17, 15) is 14.0 Å². The third kappa shape index (κ3) is 4.40. The molecule has 0 aliphatic heterocycles. The highest BCUT2D eigenvalue weighted by atomic mass is 32.1. The monoisotopic (exact) mass is 495 g/mol. The first kappa shape index (κ1) is 22.8. The molecule has 1 aromatic carbocycles. The number of halogens is 1. The Morgan fingerprint density at radius 3 is 2.74 bits per heavy atom. The number of aryl methyl sites for hydroxylation is 1. The van der Waals surface area contributed by atoms with Gasteiger partial charge < -0.3 is 15.2 Å². The molecule has 3 heterocycles. The second-order valence-corrected chi connectivity index (χ2v) is 11.0. The van der Waals surface area contributed by atoms with Gasteiger partial charge in [-0.15, -0.1) is 22.7 Å². The van der Waals surface area contributed by atoms with Gasteiger partial charge in [0.05, 0.1) is 15.8 Å². The molecule has 1 aliphatic rings. The Morgan fingerprint density at radius 2 is 1.94 bits per heavy atom. The Hall–Kier alpha value is -2.97. The summed E-state index contributed by atoms with van der Waals surface area (Å²) in [4.78, 5) is 27.8. The fraction of sp³-hybridized carbons (Fsp3) is 0.308. The Kier molecular flexibility index (Phi) is 6.27. The number of nitrogens with one attached hydrogen (secondary N) is 2. The summed E-state index contributed by atoms with van der Waals surface area (Å²) in [5.74, 6) is -0.708. The SMILES string of the molecule is CC(C)NC(=O)c1c(NC(=O)c2cc3sccc3n2Cc2cccc(F)c2)sc2c1CCCC2. The molecule has 1 aliphatic carbocycles. The van der Waals surface area contributed by atoms with Gasteiger partial charge in [0.15, 0.2) is 0 Å². The maximum absolute atomic E-state index is 13.8. The van der Waals surface area contributed by atoms with E-state index in [0.29, 0.717) is 22.8 Å². The van der Waals surface area contributed by atoms with E-state index in [2.05, 4.69) is 10.6 Å². The number of aromatic nitrogens is 1. The number of hydrogen-bond acceptors (Lipinski definition) is 4. The number of benzene rings is 1. The summed E-state index contributed by atoms with van der Waals surface area (Å²) in [5, 5.41) is 8.64. The van der Waals surface area contributed by atoms with Crippen LogP contribution in [0.2, 0.25) is 0 Å². The standard InChI is InChI=1S/C26H26FN3O2S2/c1-15(2)28-25(32)23-18-8-3-4-9-21(18)34-26(23)29-24(31)20-13-22-19(10-11-33-22)30(20)14-16-6-5-7-17(27)12-16/h5-7,10-13,15H,3-4,8-9,14H2,1-2H3,(H,28,32)(H,29,31). The zero-order valence-corrected chi connectivity index (χ0v) is 20.7. The van der Waals surface area contributed by atoms with Crippen molar-refractivity contribution in [3.05, 3.63) is 74.9 Å². The van der Waals surface area contributed by atoms with Gasteiger partial charge in [0.1, 0.15) is 16.5 Å². The predicted octanol–water partition coefficient (Wildman–Crippen LogP) is 6.22. The van der Waals surface area contributed by atoms with Crippen LogP contribution in [-0.2, 0) is 19.4 Å². The molecule has 2 N–H and O–H groups in total. The van der Waals surface area contributed by atoms with Gasteiger partial charge in [-0.2, -0.15) is 0 Å². The molecule has 0 spiro atoms. The van der Waals surface area contributed by atoms with Crippen molar-refractivity contribution in [1.29, 1.82) is 0 Å². The summed E-state index contributed by atoms with van der Waals surface area (Å²) < 4.78 is 16.7. The van der Waals surface area contributed by atoms with Crippen LogP contribution in [0.25, 0.3) is 10.2 Å². The third-order valence-corrected chi connectivity index (χ3v) is 8.09. The lowest BCUT2D eigenvalue weighted by Crippen LogP contribution is -2.31. The molecule has 3 aromatic heterocycles. The molecular weight excluding hydrogens is 469 g/mol. The first-order valence-corrected chi connectivity index (χ1v) is 13.2. The van der Waals surface area contributed by atoms with Crippen molar-refractivity contribution in [3.8, 4) is 0 Å². The Balaban J connectivity index is 1.51. The number of hydrogen-bond donors (Lipinski definition) is 2. The topological polar surface area (TPSA) is 63.1 Å². The quantitative estimate of drug-likeness (QED) is 0.334. The second-order valence-electron chi connectivity index (χ2n) is 8.91. The van der Waals surface area contributed by atoms with E-state index in [-0.39, 0.29) is 23.7 Å². The average Bonchev–Trinajstić information content (AvgIpc) is 3.47. The van der Waals surface area contributed by atoms with Gasteiger partial charge in [-0.1, -0.05) is 12.1 Å². The van der Waals surface area contributed by atoms with Crippen molar-refractivity contribution in [2.45, 2.75) is 52.1 Å². The van der Waals surface area contributed by atoms with Crippen LogP contribution in [0.4, 0.5) is 9.39 Å². The summed E-state index contributed by atoms with van der Waals surface area (Å²) in [6, 6.07) is 10.3. The summed E-state index contributed by atoms with van der Waals surface area (Å²) in [5.41, 5.74) is 3.88. The van der Waals surface area contributed by atoms with Crippen LogP contribution in [-0.4, -0.2) is 22.4 Å². The number of fused-ring (bicyclic) bond motifs is 2. The number of thiophene rings is 2. The zero-order chi connectivity index (χ0) is 23.8. The molecule has 0 saturated heterocycles. The molecule has 0 unspecified atom stereocenters. The Bertz CT molecular complexity index is 1380. The minimum absolute atomic E-state index is 0.00507. The van der Waals surface area contributed by atoms with Gasteiger partial charge in [0.25, 0.3) is 11.8 Å². The van der Waals surface area contributed by atoms with Gasteiger partial charge in [0, 0.05) is 17.5 Å². The maximum atomic E-state index is 13.8. The third-order valence-electron chi connectivity index (χ3n) is 6.03. The van der Waals surface area contributed by atoms with Crippen molar-refractivity contribution in [1.82, 2.24) is 9.88 Å². The molecule has 0 atom stereocenters. The normalized spacial score (nSPS) is 13.3. The number of carbonyl (C=O) groups excluding carboxylic acids is 2. The molecule has 2 amide bonds. The molecule has 0 bridgehead atoms. The van der Waals surface area contributed by atoms with E-state index < -0.39 is 0 Å². The minimum atomic E-state index is -0.304. The fourth-order valence-electron chi connectivity index (χ4n) is 4.55. The van der Waals surface area contributed by atoms with E-state index >= 15 is 0 Å². The first-order valence-electron chi connectivity index (χ1n) is 11.5. The summed E-state index contributed by atoms with van der Waals surface area (Å²) in [6.07, 6.45) is 3.93. The number of rotatable bonds is 6. The van der Waals surface area contributed by atoms with Crippen LogP contribution in [0.1, 0.15) is 63.5 Å². The maximum Gasteiger partial charge on any atom is 0.272 e. The minimum Gasteiger partial charge on any atom is -0.350 e. The highest BCUT2D eigenvalue weighted by Gasteiger charge is 2.28. The number of nitrogens with zero attached hydrogens (tertiary/aromatic N) is 1. The molecule has 0 fully saturated rings. The van der Waals surface area contributed by atoms with Crippen LogP contribution in [0.5, 0.6) is 0 Å². The van der Waals surface area contributed by atoms with Crippen LogP contribution in [0.3, 0.4) is 0 Å². The highest BCUT2D eigenvalue weighted by Crippen LogP contribution is 2.38. The van der Waals surface area contributed by atoms with Crippen molar-refractivity contribution in [3.63, 3.8) is 0 Å². The van der Waals surface area contributed by atoms with E-state index in [1.807, 2.05) is 42.0 Å². The van der Waals surface area contributed by atoms with Gasteiger partial charge >= 0.3 is 0 Å². The first-order chi connectivity index (χ1) is 16.4. The Labute approximate surface area is 205 Å². The second kappa shape index (κ2) is 9.35. The molecular formula is C26H26FN3O2S2. The van der Waals surface area contributed by atoms with Crippen molar-refractivity contribution < 1.29 is 14.0 Å². The number of anilines is 1. The summed E-state index contributed by atoms with van der Waals surface area (Å²) >= 11 is 3.07. The van der Waals surface area contributed by atoms with Crippen molar-refractivity contribution >= 4 is 49.7 Å². The molecule has 4 aromatic rings. The molecule has 176 valence electrons. The highest BCUT2D eigenvalue weighted by molar-refractivity contribution is 7.17. The molecule has 34 heavy (non-hydrogen) atoms. The lowest BCUT2D eigenvalue weighted by molar-refractivity contribution is 0.0943. The molecule has 5 nitrogen and oxygen atoms in total. The molecule has 5 rings (SSSR count). The summed E-state index contributed by atoms with van der Waals surface area (Å²) in [7, 11) is 0. The average molecular weight is 496 g/mol. The molecule has 0 saturated carbocycles. The fourth-order valence-corrected chi connectivity index (χ4v) is 6.65. The zero-order valence-electron chi connectivity index (χ0n) is 19.1. The predicted molar refractivity (Wildman–Crippen MR) is 137 cm³/mol. The van der Waals surface area contributed by atoms with Crippen LogP contribution < -0.4 is 10.6 Å². The lowest BCUT2D eigenvalue weighted by Gasteiger charge is -2.15. The summed E-state index contributed by atoms with van der Waals surface area (Å²) in [6.45, 7) is 4.24. The van der Waals surface area contributed by atoms with E-state index in [0.717, 1.165) is 47.0 Å². The van der Waals surface area contributed by atoms with Crippen LogP contribution in [0.15, 0.2) is 41.8 Å². The van der Waals surface area contributed by atoms with Gasteiger partial charge in [0.2, 0.25) is 0 Å². The van der Waals surface area contributed by atoms with Gasteiger partial charge in [-0.25, -0.2) is 4.39 Å². The lowest BCUT2D eigenvalue weighted by atomic mass is 9.95. The van der Waals surface area contributed by atoms with E-state index in [1.54, 1.807) is 17.4 Å². The molecule has 0 radical (unpaired) electrons. The van der Waals surface area contributed by atoms with Crippen LogP contribution >= 0.6 is 22.7 Å². The smallest absolute Gasteiger partial charge is 0.272 e. The van der Waals surface area contributed by atoms with E-state index in [4.69, 9.17) is 0 Å². The number of carbonyl (C=O) groups is 2. The van der Waals surface area contributed by atoms with Crippen molar-refractivity contribution in [2.75, 3.05) is 5.32 Å². The number of amides is 2. The van der Waals surface area contributed by atoms with Gasteiger partial charge in [-0.3, -0.25) is 9.59 Å². The van der Waals surface area contributed by atoms with E-state index in [1.165, 1.54) is 28.3 Å². The van der Waals surface area contributed by atoms with Crippen LogP contribution in [0, 0.1) is 5.82 Å².